The average molecular weight is 399 g/mol. The first kappa shape index (κ1) is 19.9. The minimum Gasteiger partial charge on any atom is -0.455 e. The van der Waals surface area contributed by atoms with Gasteiger partial charge in [-0.05, 0) is 36.3 Å². The van der Waals surface area contributed by atoms with Gasteiger partial charge in [-0.3, -0.25) is 14.4 Å². The second-order valence-electron chi connectivity index (χ2n) is 8.81. The molecule has 2 fully saturated rings. The summed E-state index contributed by atoms with van der Waals surface area (Å²) < 4.78 is 5.34. The van der Waals surface area contributed by atoms with E-state index in [2.05, 4.69) is 13.8 Å². The molecule has 1 saturated heterocycles. The number of hydrogen-bond donors (Lipinski definition) is 0. The summed E-state index contributed by atoms with van der Waals surface area (Å²) in [5, 5.41) is 0. The van der Waals surface area contributed by atoms with Crippen LogP contribution in [0.15, 0.2) is 24.3 Å². The lowest BCUT2D eigenvalue weighted by molar-refractivity contribution is -0.151. The molecule has 0 unspecified atom stereocenters. The van der Waals surface area contributed by atoms with Crippen molar-refractivity contribution in [2.24, 2.45) is 17.8 Å². The van der Waals surface area contributed by atoms with E-state index in [9.17, 15) is 14.4 Å². The van der Waals surface area contributed by atoms with Crippen LogP contribution in [-0.2, 0) is 25.5 Å². The van der Waals surface area contributed by atoms with Gasteiger partial charge in [0.2, 0.25) is 5.91 Å². The predicted octanol–water partition coefficient (Wildman–Crippen LogP) is 2.79. The van der Waals surface area contributed by atoms with Crippen molar-refractivity contribution in [3.05, 3.63) is 29.8 Å². The van der Waals surface area contributed by atoms with E-state index in [-0.39, 0.29) is 30.9 Å². The molecule has 0 aromatic heterocycles. The van der Waals surface area contributed by atoms with Gasteiger partial charge in [0.1, 0.15) is 0 Å². The number of benzene rings is 1. The van der Waals surface area contributed by atoms with Crippen molar-refractivity contribution in [3.8, 4) is 0 Å². The van der Waals surface area contributed by atoms with Gasteiger partial charge in [-0.2, -0.15) is 0 Å². The summed E-state index contributed by atoms with van der Waals surface area (Å²) in [4.78, 5) is 41.3. The summed E-state index contributed by atoms with van der Waals surface area (Å²) >= 11 is 0. The van der Waals surface area contributed by atoms with Crippen LogP contribution in [0.3, 0.4) is 0 Å². The molecule has 29 heavy (non-hydrogen) atoms. The van der Waals surface area contributed by atoms with E-state index < -0.39 is 11.9 Å². The fourth-order valence-electron chi connectivity index (χ4n) is 5.13. The molecule has 0 bridgehead atoms. The fourth-order valence-corrected chi connectivity index (χ4v) is 5.13. The third kappa shape index (κ3) is 3.89. The Balaban J connectivity index is 1.32. The first-order valence-electron chi connectivity index (χ1n) is 10.8. The first-order valence-corrected chi connectivity index (χ1v) is 10.8. The summed E-state index contributed by atoms with van der Waals surface area (Å²) in [6.45, 7) is 5.21. The fraction of sp³-hybridized carbons (Fsp3) is 0.609. The molecule has 6 nitrogen and oxygen atoms in total. The highest BCUT2D eigenvalue weighted by Crippen LogP contribution is 2.36. The van der Waals surface area contributed by atoms with Crippen molar-refractivity contribution >= 4 is 23.5 Å². The Morgan fingerprint density at radius 2 is 1.97 bits per heavy atom. The van der Waals surface area contributed by atoms with Crippen LogP contribution >= 0.6 is 0 Å². The molecular weight excluding hydrogens is 368 g/mol. The summed E-state index contributed by atoms with van der Waals surface area (Å²) in [5.41, 5.74) is 2.04. The molecule has 4 rings (SSSR count). The number of nitrogens with zero attached hydrogens (tertiary/aromatic N) is 2. The SMILES string of the molecule is C[C@@H]1[C@H](C)CCC[C@H]1N1C[C@H](C(=O)OCC(=O)N2CCc3ccccc32)CC1=O. The van der Waals surface area contributed by atoms with Crippen LogP contribution in [0, 0.1) is 17.8 Å². The highest BCUT2D eigenvalue weighted by atomic mass is 16.5. The Morgan fingerprint density at radius 1 is 1.17 bits per heavy atom. The van der Waals surface area contributed by atoms with Gasteiger partial charge in [-0.1, -0.05) is 44.9 Å². The number of amides is 2. The summed E-state index contributed by atoms with van der Waals surface area (Å²) in [7, 11) is 0. The van der Waals surface area contributed by atoms with Gasteiger partial charge in [-0.15, -0.1) is 0 Å². The molecule has 156 valence electrons. The zero-order chi connectivity index (χ0) is 20.5. The Kier molecular flexibility index (Phi) is 5.61. The molecular formula is C23H30N2O4. The van der Waals surface area contributed by atoms with Gasteiger partial charge < -0.3 is 14.5 Å². The first-order chi connectivity index (χ1) is 14.0. The molecule has 1 aliphatic carbocycles. The van der Waals surface area contributed by atoms with Gasteiger partial charge >= 0.3 is 5.97 Å². The average Bonchev–Trinajstić information content (AvgIpc) is 3.32. The third-order valence-corrected chi connectivity index (χ3v) is 7.08. The minimum atomic E-state index is -0.467. The van der Waals surface area contributed by atoms with E-state index in [1.54, 1.807) is 4.90 Å². The number of ether oxygens (including phenoxy) is 1. The Bertz CT molecular complexity index is 808. The van der Waals surface area contributed by atoms with Crippen LogP contribution in [0.5, 0.6) is 0 Å². The maximum absolute atomic E-state index is 12.6. The lowest BCUT2D eigenvalue weighted by Gasteiger charge is -2.39. The predicted molar refractivity (Wildman–Crippen MR) is 109 cm³/mol. The molecule has 0 spiro atoms. The minimum absolute atomic E-state index is 0.0395. The molecule has 2 amide bonds. The number of esters is 1. The van der Waals surface area contributed by atoms with Crippen LogP contribution in [0.2, 0.25) is 0 Å². The number of carbonyl (C=O) groups excluding carboxylic acids is 3. The number of likely N-dealkylation sites (tertiary alicyclic amines) is 1. The zero-order valence-electron chi connectivity index (χ0n) is 17.3. The number of fused-ring (bicyclic) bond motifs is 1. The van der Waals surface area contributed by atoms with E-state index in [0.717, 1.165) is 30.5 Å². The summed E-state index contributed by atoms with van der Waals surface area (Å²) in [6, 6.07) is 8.01. The van der Waals surface area contributed by atoms with Crippen LogP contribution in [0.25, 0.3) is 0 Å². The van der Waals surface area contributed by atoms with E-state index in [1.807, 2.05) is 29.2 Å². The second kappa shape index (κ2) is 8.17. The molecule has 4 atom stereocenters. The molecule has 0 radical (unpaired) electrons. The van der Waals surface area contributed by atoms with Gasteiger partial charge in [-0.25, -0.2) is 0 Å². The molecule has 2 aliphatic heterocycles. The van der Waals surface area contributed by atoms with Crippen molar-refractivity contribution in [3.63, 3.8) is 0 Å². The normalized spacial score (nSPS) is 29.1. The van der Waals surface area contributed by atoms with Gasteiger partial charge in [0.25, 0.3) is 5.91 Å². The maximum atomic E-state index is 12.6. The third-order valence-electron chi connectivity index (χ3n) is 7.08. The smallest absolute Gasteiger partial charge is 0.311 e. The molecule has 6 heteroatoms. The molecule has 0 N–H and O–H groups in total. The standard InChI is InChI=1S/C23H30N2O4/c1-15-6-5-9-19(16(15)2)25-13-18(12-21(25)26)23(28)29-14-22(27)24-11-10-17-7-3-4-8-20(17)24/h3-4,7-8,15-16,18-19H,5-6,9-14H2,1-2H3/t15-,16-,18-,19-/m1/s1. The van der Waals surface area contributed by atoms with E-state index in [0.29, 0.717) is 24.9 Å². The Morgan fingerprint density at radius 3 is 2.79 bits per heavy atom. The highest BCUT2D eigenvalue weighted by Gasteiger charge is 2.42. The molecule has 1 saturated carbocycles. The largest absolute Gasteiger partial charge is 0.455 e. The van der Waals surface area contributed by atoms with Crippen LogP contribution in [-0.4, -0.2) is 48.4 Å². The molecule has 1 aromatic rings. The van der Waals surface area contributed by atoms with Gasteiger partial charge in [0.05, 0.1) is 5.92 Å². The van der Waals surface area contributed by atoms with E-state index >= 15 is 0 Å². The Hall–Kier alpha value is -2.37. The zero-order valence-corrected chi connectivity index (χ0v) is 17.3. The number of carbonyl (C=O) groups is 3. The quantitative estimate of drug-likeness (QED) is 0.732. The molecule has 2 heterocycles. The number of hydrogen-bond acceptors (Lipinski definition) is 4. The van der Waals surface area contributed by atoms with Crippen molar-refractivity contribution in [2.75, 3.05) is 24.6 Å². The molecule has 1 aromatic carbocycles. The lowest BCUT2D eigenvalue weighted by Crippen LogP contribution is -2.45. The number of rotatable bonds is 4. The number of para-hydroxylation sites is 1. The van der Waals surface area contributed by atoms with Crippen LogP contribution in [0.1, 0.15) is 45.1 Å². The van der Waals surface area contributed by atoms with Crippen molar-refractivity contribution < 1.29 is 19.1 Å². The topological polar surface area (TPSA) is 66.9 Å². The monoisotopic (exact) mass is 398 g/mol. The van der Waals surface area contributed by atoms with E-state index in [4.69, 9.17) is 4.74 Å². The van der Waals surface area contributed by atoms with Gasteiger partial charge in [0.15, 0.2) is 6.61 Å². The lowest BCUT2D eigenvalue weighted by atomic mass is 9.77. The van der Waals surface area contributed by atoms with Crippen molar-refractivity contribution in [2.45, 2.75) is 52.0 Å². The van der Waals surface area contributed by atoms with Crippen LogP contribution in [0.4, 0.5) is 5.69 Å². The van der Waals surface area contributed by atoms with Crippen molar-refractivity contribution in [1.82, 2.24) is 4.90 Å². The second-order valence-corrected chi connectivity index (χ2v) is 8.81. The van der Waals surface area contributed by atoms with Crippen LogP contribution < -0.4 is 4.90 Å². The van der Waals surface area contributed by atoms with Crippen molar-refractivity contribution in [1.29, 1.82) is 0 Å². The summed E-state index contributed by atoms with van der Waals surface area (Å²) in [6.07, 6.45) is 4.34. The maximum Gasteiger partial charge on any atom is 0.311 e. The van der Waals surface area contributed by atoms with Gasteiger partial charge in [0, 0.05) is 31.2 Å². The summed E-state index contributed by atoms with van der Waals surface area (Å²) in [5.74, 6) is -0.0338. The van der Waals surface area contributed by atoms with E-state index in [1.165, 1.54) is 6.42 Å². The highest BCUT2D eigenvalue weighted by molar-refractivity contribution is 5.97. The molecule has 3 aliphatic rings. The number of anilines is 1. The Labute approximate surface area is 172 Å².